The standard InChI is InChI=1S/C15H28O5/c1-2-18-14(17)12-13(16)8-4-3-6-10-19-15-9-5-7-11-20-15/h13,15-16H,2-12H2,1H3/t13-,15?/m0/s1. The molecule has 1 heterocycles. The number of aliphatic hydroxyl groups is 1. The lowest BCUT2D eigenvalue weighted by molar-refractivity contribution is -0.162. The smallest absolute Gasteiger partial charge is 0.308 e. The minimum Gasteiger partial charge on any atom is -0.466 e. The third-order valence-electron chi connectivity index (χ3n) is 3.33. The van der Waals surface area contributed by atoms with E-state index in [1.165, 1.54) is 6.42 Å². The topological polar surface area (TPSA) is 65.0 Å². The second-order valence-electron chi connectivity index (χ2n) is 5.18. The average Bonchev–Trinajstić information content (AvgIpc) is 2.44. The van der Waals surface area contributed by atoms with Gasteiger partial charge in [-0.25, -0.2) is 0 Å². The van der Waals surface area contributed by atoms with Crippen LogP contribution in [0.4, 0.5) is 0 Å². The van der Waals surface area contributed by atoms with Crippen molar-refractivity contribution in [3.63, 3.8) is 0 Å². The Bertz CT molecular complexity index is 251. The largest absolute Gasteiger partial charge is 0.466 e. The Morgan fingerprint density at radius 3 is 2.90 bits per heavy atom. The van der Waals surface area contributed by atoms with Crippen molar-refractivity contribution in [3.8, 4) is 0 Å². The van der Waals surface area contributed by atoms with Crippen molar-refractivity contribution in [2.24, 2.45) is 0 Å². The van der Waals surface area contributed by atoms with E-state index >= 15 is 0 Å². The molecule has 5 heteroatoms. The predicted octanol–water partition coefficient (Wildman–Crippen LogP) is 2.40. The lowest BCUT2D eigenvalue weighted by atomic mass is 10.1. The molecule has 1 saturated heterocycles. The molecule has 1 unspecified atom stereocenters. The molecule has 0 radical (unpaired) electrons. The number of rotatable bonds is 10. The van der Waals surface area contributed by atoms with Crippen molar-refractivity contribution in [2.45, 2.75) is 70.7 Å². The highest BCUT2D eigenvalue weighted by molar-refractivity contribution is 5.69. The lowest BCUT2D eigenvalue weighted by Gasteiger charge is -2.22. The molecule has 0 amide bonds. The van der Waals surface area contributed by atoms with Crippen LogP contribution in [0.1, 0.15) is 58.3 Å². The van der Waals surface area contributed by atoms with Gasteiger partial charge in [0.2, 0.25) is 0 Å². The Labute approximate surface area is 121 Å². The summed E-state index contributed by atoms with van der Waals surface area (Å²) >= 11 is 0. The fraction of sp³-hybridized carbons (Fsp3) is 0.933. The molecule has 5 nitrogen and oxygen atoms in total. The number of hydrogen-bond acceptors (Lipinski definition) is 5. The summed E-state index contributed by atoms with van der Waals surface area (Å²) in [6.07, 6.45) is 6.31. The summed E-state index contributed by atoms with van der Waals surface area (Å²) in [4.78, 5) is 11.1. The Morgan fingerprint density at radius 1 is 1.35 bits per heavy atom. The molecule has 1 aliphatic heterocycles. The van der Waals surface area contributed by atoms with E-state index in [0.717, 1.165) is 38.7 Å². The quantitative estimate of drug-likeness (QED) is 0.494. The highest BCUT2D eigenvalue weighted by Gasteiger charge is 2.14. The highest BCUT2D eigenvalue weighted by atomic mass is 16.7. The third-order valence-corrected chi connectivity index (χ3v) is 3.33. The van der Waals surface area contributed by atoms with Gasteiger partial charge in [0.1, 0.15) is 0 Å². The molecular formula is C15H28O5. The van der Waals surface area contributed by atoms with Crippen LogP contribution in [-0.2, 0) is 19.0 Å². The molecule has 2 atom stereocenters. The molecule has 0 aromatic heterocycles. The molecule has 118 valence electrons. The summed E-state index contributed by atoms with van der Waals surface area (Å²) in [6.45, 7) is 3.65. The number of hydrogen-bond donors (Lipinski definition) is 1. The molecule has 1 fully saturated rings. The Morgan fingerprint density at radius 2 is 2.20 bits per heavy atom. The van der Waals surface area contributed by atoms with Crippen LogP contribution in [0.2, 0.25) is 0 Å². The predicted molar refractivity (Wildman–Crippen MR) is 75.3 cm³/mol. The first-order chi connectivity index (χ1) is 9.72. The molecule has 0 saturated carbocycles. The summed E-state index contributed by atoms with van der Waals surface area (Å²) in [5.74, 6) is -0.321. The van der Waals surface area contributed by atoms with Crippen LogP contribution in [0.15, 0.2) is 0 Å². The first-order valence-corrected chi connectivity index (χ1v) is 7.79. The number of ether oxygens (including phenoxy) is 3. The number of carbonyl (C=O) groups excluding carboxylic acids is 1. The number of unbranched alkanes of at least 4 members (excludes halogenated alkanes) is 2. The van der Waals surface area contributed by atoms with Gasteiger partial charge in [0.05, 0.1) is 19.1 Å². The van der Waals surface area contributed by atoms with Crippen LogP contribution in [0, 0.1) is 0 Å². The van der Waals surface area contributed by atoms with Crippen LogP contribution < -0.4 is 0 Å². The van der Waals surface area contributed by atoms with Gasteiger partial charge in [0.15, 0.2) is 6.29 Å². The van der Waals surface area contributed by atoms with Gasteiger partial charge < -0.3 is 19.3 Å². The van der Waals surface area contributed by atoms with E-state index < -0.39 is 6.10 Å². The van der Waals surface area contributed by atoms with Gasteiger partial charge in [-0.05, 0) is 39.0 Å². The minimum absolute atomic E-state index is 0.0156. The molecule has 1 rings (SSSR count). The summed E-state index contributed by atoms with van der Waals surface area (Å²) < 4.78 is 15.9. The van der Waals surface area contributed by atoms with E-state index in [2.05, 4.69) is 0 Å². The van der Waals surface area contributed by atoms with Crippen molar-refractivity contribution >= 4 is 5.97 Å². The lowest BCUT2D eigenvalue weighted by Crippen LogP contribution is -2.22. The van der Waals surface area contributed by atoms with Crippen LogP contribution in [0.3, 0.4) is 0 Å². The molecule has 0 spiro atoms. The van der Waals surface area contributed by atoms with E-state index in [9.17, 15) is 9.90 Å². The Hall–Kier alpha value is -0.650. The van der Waals surface area contributed by atoms with E-state index in [1.807, 2.05) is 0 Å². The van der Waals surface area contributed by atoms with Gasteiger partial charge in [-0.15, -0.1) is 0 Å². The summed E-state index contributed by atoms with van der Waals surface area (Å²) in [6, 6.07) is 0. The second-order valence-corrected chi connectivity index (χ2v) is 5.18. The van der Waals surface area contributed by atoms with Crippen molar-refractivity contribution in [2.75, 3.05) is 19.8 Å². The van der Waals surface area contributed by atoms with Crippen molar-refractivity contribution in [1.29, 1.82) is 0 Å². The summed E-state index contributed by atoms with van der Waals surface area (Å²) in [7, 11) is 0. The van der Waals surface area contributed by atoms with Gasteiger partial charge in [-0.1, -0.05) is 12.8 Å². The van der Waals surface area contributed by atoms with E-state index in [0.29, 0.717) is 19.6 Å². The molecule has 1 N–H and O–H groups in total. The van der Waals surface area contributed by atoms with Crippen LogP contribution >= 0.6 is 0 Å². The van der Waals surface area contributed by atoms with Crippen LogP contribution in [-0.4, -0.2) is 43.3 Å². The molecule has 0 bridgehead atoms. The third kappa shape index (κ3) is 8.51. The molecule has 0 aliphatic carbocycles. The van der Waals surface area contributed by atoms with Crippen LogP contribution in [0.5, 0.6) is 0 Å². The van der Waals surface area contributed by atoms with Crippen molar-refractivity contribution < 1.29 is 24.1 Å². The average molecular weight is 288 g/mol. The molecule has 20 heavy (non-hydrogen) atoms. The van der Waals surface area contributed by atoms with Gasteiger partial charge in [0, 0.05) is 13.2 Å². The van der Waals surface area contributed by atoms with Gasteiger partial charge in [-0.3, -0.25) is 4.79 Å². The fourth-order valence-corrected chi connectivity index (χ4v) is 2.23. The summed E-state index contributed by atoms with van der Waals surface area (Å²) in [5, 5.41) is 9.65. The van der Waals surface area contributed by atoms with Gasteiger partial charge in [-0.2, -0.15) is 0 Å². The zero-order chi connectivity index (χ0) is 14.6. The maximum absolute atomic E-state index is 11.1. The number of carbonyl (C=O) groups is 1. The van der Waals surface area contributed by atoms with E-state index in [4.69, 9.17) is 14.2 Å². The van der Waals surface area contributed by atoms with Crippen molar-refractivity contribution in [3.05, 3.63) is 0 Å². The zero-order valence-electron chi connectivity index (χ0n) is 12.5. The second kappa shape index (κ2) is 11.1. The molecular weight excluding hydrogens is 260 g/mol. The van der Waals surface area contributed by atoms with E-state index in [-0.39, 0.29) is 18.7 Å². The first-order valence-electron chi connectivity index (χ1n) is 7.79. The molecule has 0 aromatic carbocycles. The molecule has 0 aromatic rings. The van der Waals surface area contributed by atoms with E-state index in [1.54, 1.807) is 6.92 Å². The summed E-state index contributed by atoms with van der Waals surface area (Å²) in [5.41, 5.74) is 0. The SMILES string of the molecule is CCOC(=O)C[C@@H](O)CCCCCOC1CCCCO1. The van der Waals surface area contributed by atoms with Crippen LogP contribution in [0.25, 0.3) is 0 Å². The monoisotopic (exact) mass is 288 g/mol. The van der Waals surface area contributed by atoms with Gasteiger partial charge in [0.25, 0.3) is 0 Å². The number of esters is 1. The fourth-order valence-electron chi connectivity index (χ4n) is 2.23. The minimum atomic E-state index is -0.586. The molecule has 1 aliphatic rings. The maximum atomic E-state index is 11.1. The number of aliphatic hydroxyl groups excluding tert-OH is 1. The maximum Gasteiger partial charge on any atom is 0.308 e. The highest BCUT2D eigenvalue weighted by Crippen LogP contribution is 2.14. The van der Waals surface area contributed by atoms with Crippen molar-refractivity contribution in [1.82, 2.24) is 0 Å². The Balaban J connectivity index is 1.89. The normalized spacial score (nSPS) is 20.6. The Kier molecular flexibility index (Phi) is 9.62. The van der Waals surface area contributed by atoms with Gasteiger partial charge >= 0.3 is 5.97 Å². The first kappa shape index (κ1) is 17.4. The zero-order valence-corrected chi connectivity index (χ0v) is 12.5.